The van der Waals surface area contributed by atoms with Gasteiger partial charge in [-0.15, -0.1) is 0 Å². The second kappa shape index (κ2) is 46.8. The largest absolute Gasteiger partial charge is 0.461 e. The molecule has 0 fully saturated rings. The molecule has 0 N–H and O–H groups in total. The van der Waals surface area contributed by atoms with Gasteiger partial charge in [-0.1, -0.05) is 152 Å². The van der Waals surface area contributed by atoms with Crippen molar-refractivity contribution in [3.05, 3.63) is 179 Å². The van der Waals surface area contributed by atoms with Crippen LogP contribution in [0.5, 0.6) is 0 Å². The van der Waals surface area contributed by atoms with Gasteiger partial charge in [0.25, 0.3) is 0 Å². The maximum absolute atomic E-state index is 11.2. The topological polar surface area (TPSA) is 217 Å². The fourth-order valence-electron chi connectivity index (χ4n) is 5.70. The molecule has 15 nitrogen and oxygen atoms in total. The van der Waals surface area contributed by atoms with Crippen LogP contribution in [0.2, 0.25) is 0 Å². The summed E-state index contributed by atoms with van der Waals surface area (Å²) in [7, 11) is 0. The van der Waals surface area contributed by atoms with E-state index >= 15 is 0 Å². The molecule has 0 aliphatic carbocycles. The number of hydrogen-bond acceptors (Lipinski definition) is 15. The predicted molar refractivity (Wildman–Crippen MR) is 281 cm³/mol. The zero-order valence-electron chi connectivity index (χ0n) is 42.6. The van der Waals surface area contributed by atoms with Gasteiger partial charge in [-0.3, -0.25) is 24.0 Å². The van der Waals surface area contributed by atoms with Crippen molar-refractivity contribution in [1.29, 1.82) is 0 Å². The maximum atomic E-state index is 11.2. The van der Waals surface area contributed by atoms with Crippen molar-refractivity contribution in [3.63, 3.8) is 0 Å². The number of carbonyl (C=O) groups is 10. The summed E-state index contributed by atoms with van der Waals surface area (Å²) in [6, 6.07) is 47.6. The molecule has 0 spiro atoms. The number of esters is 5. The summed E-state index contributed by atoms with van der Waals surface area (Å²) in [5, 5.41) is 0. The molecule has 0 radical (unpaired) electrons. The van der Waals surface area contributed by atoms with E-state index in [0.29, 0.717) is 129 Å². The van der Waals surface area contributed by atoms with Crippen molar-refractivity contribution in [2.24, 2.45) is 0 Å². The van der Waals surface area contributed by atoms with Gasteiger partial charge in [0.1, 0.15) is 64.5 Å². The fourth-order valence-corrected chi connectivity index (χ4v) is 5.70. The number of benzene rings is 5. The smallest absolute Gasteiger partial charge is 0.306 e. The first-order valence-electron chi connectivity index (χ1n) is 24.8. The van der Waals surface area contributed by atoms with Gasteiger partial charge in [0.15, 0.2) is 0 Å². The number of carbonyl (C=O) groups excluding carboxylic acids is 10. The highest BCUT2D eigenvalue weighted by molar-refractivity contribution is 5.71. The van der Waals surface area contributed by atoms with Crippen molar-refractivity contribution in [2.45, 2.75) is 129 Å². The van der Waals surface area contributed by atoms with E-state index in [1.54, 1.807) is 0 Å². The normalized spacial score (nSPS) is 9.60. The molecule has 5 aromatic rings. The first kappa shape index (κ1) is 64.8. The first-order valence-corrected chi connectivity index (χ1v) is 24.8. The van der Waals surface area contributed by atoms with Crippen LogP contribution in [0.15, 0.2) is 152 Å². The average molecular weight is 1030 g/mol. The van der Waals surface area contributed by atoms with Crippen molar-refractivity contribution in [2.75, 3.05) is 0 Å². The highest BCUT2D eigenvalue weighted by Crippen LogP contribution is 2.08. The van der Waals surface area contributed by atoms with E-state index in [0.717, 1.165) is 59.2 Å². The minimum absolute atomic E-state index is 0.249. The molecule has 5 aromatic carbocycles. The molecule has 0 bridgehead atoms. The van der Waals surface area contributed by atoms with Crippen molar-refractivity contribution in [1.82, 2.24) is 0 Å². The Balaban J connectivity index is 0.000000469. The molecule has 75 heavy (non-hydrogen) atoms. The molecular weight excluding hydrogens is 961 g/mol. The van der Waals surface area contributed by atoms with Crippen LogP contribution in [0, 0.1) is 0 Å². The molecule has 0 aliphatic rings. The zero-order valence-corrected chi connectivity index (χ0v) is 42.6. The molecule has 0 atom stereocenters. The minimum atomic E-state index is -0.249. The van der Waals surface area contributed by atoms with Gasteiger partial charge in [0, 0.05) is 64.2 Å². The van der Waals surface area contributed by atoms with E-state index in [-0.39, 0.29) is 29.8 Å². The predicted octanol–water partition coefficient (Wildman–Crippen LogP) is 10.5. The van der Waals surface area contributed by atoms with E-state index in [2.05, 4.69) is 0 Å². The Kier molecular flexibility index (Phi) is 40.5. The molecular formula is C60H70O15. The van der Waals surface area contributed by atoms with Crippen LogP contribution in [0.3, 0.4) is 0 Å². The summed E-state index contributed by atoms with van der Waals surface area (Å²) >= 11 is 0. The van der Waals surface area contributed by atoms with Gasteiger partial charge in [-0.2, -0.15) is 0 Å². The summed E-state index contributed by atoms with van der Waals surface area (Å²) in [4.78, 5) is 106. The fraction of sp³-hybridized carbons (Fsp3) is 0.333. The van der Waals surface area contributed by atoms with Crippen LogP contribution >= 0.6 is 0 Å². The Hall–Kier alpha value is -8.20. The van der Waals surface area contributed by atoms with Crippen LogP contribution in [0.25, 0.3) is 0 Å². The van der Waals surface area contributed by atoms with Crippen molar-refractivity contribution >= 4 is 61.3 Å². The quantitative estimate of drug-likeness (QED) is 0.0181. The SMILES string of the molecule is O=CCCCC(=O)OCc1ccccc1.O=CCCCC(=O)OCc1ccccc1.O=CCCCC(=O)OCc1ccccc1.O=CCCCC(=O)OCc1ccccc1.O=CCCCC(=O)OCc1ccccc1. The average Bonchev–Trinajstić information content (AvgIpc) is 3.45. The molecule has 0 saturated carbocycles. The lowest BCUT2D eigenvalue weighted by Crippen LogP contribution is -2.04. The monoisotopic (exact) mass is 1030 g/mol. The second-order valence-electron chi connectivity index (χ2n) is 16.0. The lowest BCUT2D eigenvalue weighted by molar-refractivity contribution is -0.146. The molecule has 0 saturated heterocycles. The number of hydrogen-bond donors (Lipinski definition) is 0. The summed E-state index contributed by atoms with van der Waals surface area (Å²) < 4.78 is 25.1. The van der Waals surface area contributed by atoms with E-state index < -0.39 is 0 Å². The molecule has 0 heterocycles. The van der Waals surface area contributed by atoms with Crippen LogP contribution in [-0.2, 0) is 105 Å². The first-order chi connectivity index (χ1) is 36.6. The van der Waals surface area contributed by atoms with E-state index in [1.807, 2.05) is 152 Å². The minimum Gasteiger partial charge on any atom is -0.461 e. The molecule has 0 aromatic heterocycles. The standard InChI is InChI=1S/5C12H14O3/c5*13-9-5-4-8-12(14)15-10-11-6-2-1-3-7-11/h5*1-3,6-7,9H,4-5,8,10H2. The summed E-state index contributed by atoms with van der Waals surface area (Å²) in [5.41, 5.74) is 4.87. The molecule has 0 aliphatic heterocycles. The Labute approximate surface area is 440 Å². The Morgan fingerprint density at radius 3 is 0.533 bits per heavy atom. The summed E-state index contributed by atoms with van der Waals surface area (Å²) in [6.45, 7) is 1.53. The van der Waals surface area contributed by atoms with Crippen molar-refractivity contribution < 1.29 is 71.6 Å². The van der Waals surface area contributed by atoms with Gasteiger partial charge in [-0.25, -0.2) is 0 Å². The number of ether oxygens (including phenoxy) is 5. The molecule has 0 unspecified atom stereocenters. The molecule has 0 amide bonds. The Morgan fingerprint density at radius 2 is 0.400 bits per heavy atom. The number of rotatable bonds is 30. The van der Waals surface area contributed by atoms with Gasteiger partial charge < -0.3 is 47.7 Å². The number of unbranched alkanes of at least 4 members (excludes halogenated alkanes) is 5. The van der Waals surface area contributed by atoms with Crippen LogP contribution < -0.4 is 0 Å². The maximum Gasteiger partial charge on any atom is 0.306 e. The van der Waals surface area contributed by atoms with Crippen molar-refractivity contribution in [3.8, 4) is 0 Å². The van der Waals surface area contributed by atoms with E-state index in [1.165, 1.54) is 0 Å². The van der Waals surface area contributed by atoms with Crippen LogP contribution in [0.4, 0.5) is 0 Å². The molecule has 400 valence electrons. The van der Waals surface area contributed by atoms with Gasteiger partial charge in [0.05, 0.1) is 0 Å². The van der Waals surface area contributed by atoms with E-state index in [9.17, 15) is 47.9 Å². The second-order valence-corrected chi connectivity index (χ2v) is 16.0. The highest BCUT2D eigenvalue weighted by Gasteiger charge is 2.06. The van der Waals surface area contributed by atoms with Gasteiger partial charge in [-0.05, 0) is 59.9 Å². The molecule has 5 rings (SSSR count). The van der Waals surface area contributed by atoms with Gasteiger partial charge >= 0.3 is 29.8 Å². The zero-order chi connectivity index (χ0) is 54.7. The Morgan fingerprint density at radius 1 is 0.253 bits per heavy atom. The van der Waals surface area contributed by atoms with Gasteiger partial charge in [0.2, 0.25) is 0 Å². The van der Waals surface area contributed by atoms with E-state index in [4.69, 9.17) is 23.7 Å². The lowest BCUT2D eigenvalue weighted by atomic mass is 10.2. The summed E-state index contributed by atoms with van der Waals surface area (Å²) in [5.74, 6) is -1.25. The lowest BCUT2D eigenvalue weighted by Gasteiger charge is -2.03. The molecule has 15 heteroatoms. The van der Waals surface area contributed by atoms with Crippen LogP contribution in [-0.4, -0.2) is 61.3 Å². The third-order valence-corrected chi connectivity index (χ3v) is 9.73. The highest BCUT2D eigenvalue weighted by atomic mass is 16.5. The third kappa shape index (κ3) is 40.0. The van der Waals surface area contributed by atoms with Crippen LogP contribution in [0.1, 0.15) is 124 Å². The Bertz CT molecular complexity index is 1910. The summed E-state index contributed by atoms with van der Waals surface area (Å²) in [6.07, 6.45) is 10.5. The number of aldehydes is 5. The third-order valence-electron chi connectivity index (χ3n) is 9.73.